The van der Waals surface area contributed by atoms with E-state index in [1.807, 2.05) is 67.6 Å². The molecule has 0 atom stereocenters. The normalized spacial score (nSPS) is 10.9. The van der Waals surface area contributed by atoms with Gasteiger partial charge in [0.2, 0.25) is 0 Å². The van der Waals surface area contributed by atoms with Gasteiger partial charge in [-0.1, -0.05) is 60.7 Å². The van der Waals surface area contributed by atoms with Gasteiger partial charge in [0.15, 0.2) is 6.29 Å². The van der Waals surface area contributed by atoms with Gasteiger partial charge in [-0.15, -0.1) is 0 Å². The average molecular weight is 407 g/mol. The zero-order valence-corrected chi connectivity index (χ0v) is 17.3. The fraction of sp³-hybridized carbons (Fsp3) is 0.261. The molecule has 2 aromatic carbocycles. The molecule has 0 saturated carbocycles. The molecule has 0 saturated heterocycles. The van der Waals surface area contributed by atoms with Crippen LogP contribution in [0.15, 0.2) is 65.5 Å². The van der Waals surface area contributed by atoms with Crippen molar-refractivity contribution in [3.05, 3.63) is 76.6 Å². The largest absolute Gasteiger partial charge is 0.354 e. The third-order valence-electron chi connectivity index (χ3n) is 4.75. The van der Waals surface area contributed by atoms with E-state index in [1.165, 1.54) is 18.9 Å². The van der Waals surface area contributed by atoms with Crippen LogP contribution in [0.3, 0.4) is 0 Å². The number of aryl methyl sites for hydroxylation is 1. The molecular weight excluding hydrogens is 382 g/mol. The first-order valence-electron chi connectivity index (χ1n) is 9.70. The number of methoxy groups -OCH3 is 2. The van der Waals surface area contributed by atoms with Crippen molar-refractivity contribution < 1.29 is 14.3 Å². The van der Waals surface area contributed by atoms with E-state index < -0.39 is 17.8 Å². The Labute approximate surface area is 175 Å². The Kier molecular flexibility index (Phi) is 7.11. The van der Waals surface area contributed by atoms with Crippen LogP contribution in [0.2, 0.25) is 0 Å². The van der Waals surface area contributed by atoms with Crippen LogP contribution in [0, 0.1) is 0 Å². The SMILES string of the molecule is CCn1nc(-c2ccccc2)c(-c2ccccc2)c(C(=O)NCC(OC)OC)c1=O. The maximum Gasteiger partial charge on any atom is 0.280 e. The third-order valence-corrected chi connectivity index (χ3v) is 4.75. The molecule has 0 aliphatic carbocycles. The van der Waals surface area contributed by atoms with E-state index >= 15 is 0 Å². The number of aromatic nitrogens is 2. The van der Waals surface area contributed by atoms with E-state index in [2.05, 4.69) is 10.4 Å². The summed E-state index contributed by atoms with van der Waals surface area (Å²) < 4.78 is 11.6. The zero-order chi connectivity index (χ0) is 21.5. The maximum absolute atomic E-state index is 13.2. The summed E-state index contributed by atoms with van der Waals surface area (Å²) in [6.45, 7) is 2.26. The Bertz CT molecular complexity index is 1050. The van der Waals surface area contributed by atoms with Gasteiger partial charge in [0.25, 0.3) is 11.5 Å². The molecular formula is C23H25N3O4. The number of hydrogen-bond acceptors (Lipinski definition) is 5. The van der Waals surface area contributed by atoms with Gasteiger partial charge in [-0.05, 0) is 12.5 Å². The van der Waals surface area contributed by atoms with Crippen molar-refractivity contribution in [2.45, 2.75) is 19.8 Å². The Morgan fingerprint density at radius 2 is 1.57 bits per heavy atom. The summed E-state index contributed by atoms with van der Waals surface area (Å²) in [5.74, 6) is -0.500. The van der Waals surface area contributed by atoms with Crippen LogP contribution in [0.5, 0.6) is 0 Å². The second-order valence-electron chi connectivity index (χ2n) is 6.56. The fourth-order valence-corrected chi connectivity index (χ4v) is 3.21. The molecule has 3 rings (SSSR count). The number of carbonyl (C=O) groups is 1. The average Bonchev–Trinajstić information content (AvgIpc) is 2.80. The van der Waals surface area contributed by atoms with Gasteiger partial charge in [-0.25, -0.2) is 4.68 Å². The lowest BCUT2D eigenvalue weighted by atomic mass is 9.95. The molecule has 0 bridgehead atoms. The number of nitrogens with one attached hydrogen (secondary N) is 1. The highest BCUT2D eigenvalue weighted by Crippen LogP contribution is 2.31. The van der Waals surface area contributed by atoms with Crippen molar-refractivity contribution in [3.8, 4) is 22.4 Å². The minimum absolute atomic E-state index is 0.0443. The van der Waals surface area contributed by atoms with Gasteiger partial charge in [0.1, 0.15) is 5.56 Å². The van der Waals surface area contributed by atoms with Crippen LogP contribution in [-0.4, -0.2) is 42.7 Å². The van der Waals surface area contributed by atoms with Crippen molar-refractivity contribution in [2.75, 3.05) is 20.8 Å². The van der Waals surface area contributed by atoms with Crippen LogP contribution in [0.4, 0.5) is 0 Å². The predicted molar refractivity (Wildman–Crippen MR) is 115 cm³/mol. The molecule has 7 nitrogen and oxygen atoms in total. The minimum Gasteiger partial charge on any atom is -0.354 e. The second kappa shape index (κ2) is 9.96. The Balaban J connectivity index is 2.23. The molecule has 0 spiro atoms. The van der Waals surface area contributed by atoms with Crippen molar-refractivity contribution in [3.63, 3.8) is 0 Å². The Morgan fingerprint density at radius 3 is 2.10 bits per heavy atom. The van der Waals surface area contributed by atoms with Gasteiger partial charge in [0.05, 0.1) is 12.2 Å². The summed E-state index contributed by atoms with van der Waals surface area (Å²) >= 11 is 0. The molecule has 0 unspecified atom stereocenters. The molecule has 1 aromatic heterocycles. The molecule has 0 radical (unpaired) electrons. The monoisotopic (exact) mass is 407 g/mol. The van der Waals surface area contributed by atoms with Crippen molar-refractivity contribution in [1.29, 1.82) is 0 Å². The third kappa shape index (κ3) is 4.48. The molecule has 1 N–H and O–H groups in total. The van der Waals surface area contributed by atoms with Crippen molar-refractivity contribution in [2.24, 2.45) is 0 Å². The highest BCUT2D eigenvalue weighted by molar-refractivity contribution is 6.03. The molecule has 1 amide bonds. The van der Waals surface area contributed by atoms with E-state index in [0.29, 0.717) is 17.8 Å². The molecule has 0 fully saturated rings. The van der Waals surface area contributed by atoms with Gasteiger partial charge in [0, 0.05) is 31.9 Å². The maximum atomic E-state index is 13.2. The van der Waals surface area contributed by atoms with Crippen LogP contribution < -0.4 is 10.9 Å². The first-order chi connectivity index (χ1) is 14.6. The lowest BCUT2D eigenvalue weighted by Crippen LogP contribution is -2.39. The van der Waals surface area contributed by atoms with Crippen LogP contribution in [0.25, 0.3) is 22.4 Å². The number of rotatable bonds is 8. The minimum atomic E-state index is -0.613. The number of carbonyl (C=O) groups excluding carboxylic acids is 1. The highest BCUT2D eigenvalue weighted by Gasteiger charge is 2.25. The molecule has 1 heterocycles. The summed E-state index contributed by atoms with van der Waals surface area (Å²) in [6, 6.07) is 18.9. The number of hydrogen-bond donors (Lipinski definition) is 1. The second-order valence-corrected chi connectivity index (χ2v) is 6.56. The molecule has 3 aromatic rings. The molecule has 156 valence electrons. The van der Waals surface area contributed by atoms with Gasteiger partial charge >= 0.3 is 0 Å². The van der Waals surface area contributed by atoms with E-state index in [0.717, 1.165) is 11.1 Å². The van der Waals surface area contributed by atoms with E-state index in [9.17, 15) is 9.59 Å². The molecule has 7 heteroatoms. The lowest BCUT2D eigenvalue weighted by Gasteiger charge is -2.18. The number of nitrogens with zero attached hydrogens (tertiary/aromatic N) is 2. The predicted octanol–water partition coefficient (Wildman–Crippen LogP) is 2.95. The quantitative estimate of drug-likeness (QED) is 0.581. The first-order valence-corrected chi connectivity index (χ1v) is 9.70. The fourth-order valence-electron chi connectivity index (χ4n) is 3.21. The van der Waals surface area contributed by atoms with Crippen LogP contribution in [-0.2, 0) is 16.0 Å². The molecule has 30 heavy (non-hydrogen) atoms. The lowest BCUT2D eigenvalue weighted by molar-refractivity contribution is -0.0974. The van der Waals surface area contributed by atoms with E-state index in [4.69, 9.17) is 9.47 Å². The molecule has 0 aliphatic rings. The van der Waals surface area contributed by atoms with Crippen molar-refractivity contribution >= 4 is 5.91 Å². The summed E-state index contributed by atoms with van der Waals surface area (Å²) in [5, 5.41) is 7.33. The topological polar surface area (TPSA) is 82.5 Å². The Hall–Kier alpha value is -3.29. The number of benzene rings is 2. The zero-order valence-electron chi connectivity index (χ0n) is 17.3. The van der Waals surface area contributed by atoms with E-state index in [-0.39, 0.29) is 12.1 Å². The van der Waals surface area contributed by atoms with E-state index in [1.54, 1.807) is 0 Å². The number of amides is 1. The summed E-state index contributed by atoms with van der Waals surface area (Å²) in [4.78, 5) is 26.4. The summed E-state index contributed by atoms with van der Waals surface area (Å²) in [5.41, 5.74) is 2.23. The van der Waals surface area contributed by atoms with Gasteiger partial charge in [-0.2, -0.15) is 5.10 Å². The summed E-state index contributed by atoms with van der Waals surface area (Å²) in [7, 11) is 2.97. The first kappa shape index (κ1) is 21.4. The van der Waals surface area contributed by atoms with Crippen LogP contribution >= 0.6 is 0 Å². The molecule has 0 aliphatic heterocycles. The summed E-state index contributed by atoms with van der Waals surface area (Å²) in [6.07, 6.45) is -0.613. The number of ether oxygens (including phenoxy) is 2. The standard InChI is InChI=1S/C23H25N3O4/c1-4-26-23(28)20(22(27)24-15-18(29-2)30-3)19(16-11-7-5-8-12-16)21(25-26)17-13-9-6-10-14-17/h5-14,18H,4,15H2,1-3H3,(H,24,27). The van der Waals surface area contributed by atoms with Crippen molar-refractivity contribution in [1.82, 2.24) is 15.1 Å². The smallest absolute Gasteiger partial charge is 0.280 e. The van der Waals surface area contributed by atoms with Gasteiger partial charge in [-0.3, -0.25) is 9.59 Å². The highest BCUT2D eigenvalue weighted by atomic mass is 16.7. The van der Waals surface area contributed by atoms with Crippen LogP contribution in [0.1, 0.15) is 17.3 Å². The Morgan fingerprint density at radius 1 is 1.00 bits per heavy atom. The van der Waals surface area contributed by atoms with Gasteiger partial charge < -0.3 is 14.8 Å².